The van der Waals surface area contributed by atoms with E-state index in [2.05, 4.69) is 0 Å². The van der Waals surface area contributed by atoms with Gasteiger partial charge >= 0.3 is 0 Å². The van der Waals surface area contributed by atoms with E-state index in [0.717, 1.165) is 0 Å². The number of phenolic OH excluding ortho intramolecular Hbond substituents is 1. The highest BCUT2D eigenvalue weighted by Gasteiger charge is 2.21. The lowest BCUT2D eigenvalue weighted by Gasteiger charge is -2.08. The number of allylic oxidation sites excluding steroid dienone is 1. The molecule has 0 atom stereocenters. The van der Waals surface area contributed by atoms with Crippen molar-refractivity contribution in [3.05, 3.63) is 67.3 Å². The molecule has 0 spiro atoms. The Morgan fingerprint density at radius 1 is 0.947 bits per heavy atom. The molecule has 1 aromatic carbocycles. The fraction of sp³-hybridized carbons (Fsp3) is 0. The average molecular weight is 258 g/mol. The van der Waals surface area contributed by atoms with E-state index in [4.69, 9.17) is 22.1 Å². The Balaban J connectivity index is 0.000000465. The van der Waals surface area contributed by atoms with Crippen molar-refractivity contribution < 1.29 is 14.7 Å². The second kappa shape index (κ2) is 7.91. The summed E-state index contributed by atoms with van der Waals surface area (Å²) in [6.45, 7) is 0. The number of Topliss-reactive ketones (excluding diaryl/α,β-unsaturated/α-hetero) is 1. The molecule has 1 N–H and O–H groups in total. The maximum Gasteiger partial charge on any atom is 0.233 e. The minimum Gasteiger partial charge on any atom is -0.507 e. The summed E-state index contributed by atoms with van der Waals surface area (Å²) in [4.78, 5) is 25.2. The van der Waals surface area contributed by atoms with Crippen LogP contribution < -0.4 is 0 Å². The van der Waals surface area contributed by atoms with Gasteiger partial charge in [-0.3, -0.25) is 19.4 Å². The number of hydrogen-bond donors (Lipinski definition) is 1. The number of fused-ring (bicyclic) bond motifs is 1. The summed E-state index contributed by atoms with van der Waals surface area (Å²) in [5.74, 6) is -1.08. The highest BCUT2D eigenvalue weighted by molar-refractivity contribution is 6.50. The lowest BCUT2D eigenvalue weighted by Crippen LogP contribution is -2.15. The standard InChI is InChI=1S/C10H6O3.2N3/c11-8-3-1-2-7-6(8)4-5-9(12)10(7)13;2*1-3-2/h1-5,11H;;/q;2*-1. The summed E-state index contributed by atoms with van der Waals surface area (Å²) in [5.41, 5.74) is 27.7. The first kappa shape index (κ1) is 15.7. The Morgan fingerprint density at radius 3 is 2.00 bits per heavy atom. The zero-order valence-electron chi connectivity index (χ0n) is 9.33. The molecule has 19 heavy (non-hydrogen) atoms. The van der Waals surface area contributed by atoms with E-state index in [1.807, 2.05) is 0 Å². The van der Waals surface area contributed by atoms with Crippen molar-refractivity contribution in [2.75, 3.05) is 0 Å². The van der Waals surface area contributed by atoms with Crippen molar-refractivity contribution >= 4 is 17.6 Å². The van der Waals surface area contributed by atoms with Gasteiger partial charge in [-0.1, -0.05) is 12.1 Å². The lowest BCUT2D eigenvalue weighted by molar-refractivity contribution is -0.110. The fourth-order valence-electron chi connectivity index (χ4n) is 1.29. The summed E-state index contributed by atoms with van der Waals surface area (Å²) in [7, 11) is 0. The first-order valence-corrected chi connectivity index (χ1v) is 4.59. The quantitative estimate of drug-likeness (QED) is 0.326. The molecule has 0 bridgehead atoms. The molecular weight excluding hydrogens is 252 g/mol. The third-order valence-electron chi connectivity index (χ3n) is 1.95. The van der Waals surface area contributed by atoms with Gasteiger partial charge < -0.3 is 27.2 Å². The normalized spacial score (nSPS) is 10.7. The topological polar surface area (TPSA) is 172 Å². The molecule has 0 unspecified atom stereocenters. The van der Waals surface area contributed by atoms with E-state index in [0.29, 0.717) is 5.56 Å². The van der Waals surface area contributed by atoms with Gasteiger partial charge in [-0.2, -0.15) is 0 Å². The van der Waals surface area contributed by atoms with Gasteiger partial charge in [0, 0.05) is 11.1 Å². The number of carbonyl (C=O) groups excluding carboxylic acids is 2. The molecule has 0 aliphatic heterocycles. The van der Waals surface area contributed by atoms with Crippen LogP contribution in [-0.4, -0.2) is 16.7 Å². The SMILES string of the molecule is O=C1C=Cc2c(O)cccc2C1=O.[N-]=[N+]=[N-].[N-]=[N+]=[N-]. The van der Waals surface area contributed by atoms with Crippen molar-refractivity contribution in [3.63, 3.8) is 0 Å². The lowest BCUT2D eigenvalue weighted by atomic mass is 9.95. The zero-order valence-corrected chi connectivity index (χ0v) is 9.33. The van der Waals surface area contributed by atoms with E-state index < -0.39 is 11.6 Å². The molecule has 9 heteroatoms. The number of phenols is 1. The number of hydrogen-bond acceptors (Lipinski definition) is 3. The Hall–Kier alpha value is -3.28. The third kappa shape index (κ3) is 4.23. The molecule has 0 aromatic heterocycles. The minimum atomic E-state index is -0.562. The van der Waals surface area contributed by atoms with Crippen LogP contribution in [0.2, 0.25) is 0 Å². The molecule has 2 rings (SSSR count). The second-order valence-electron chi connectivity index (χ2n) is 2.94. The van der Waals surface area contributed by atoms with Crippen molar-refractivity contribution in [2.45, 2.75) is 0 Å². The Labute approximate surface area is 106 Å². The van der Waals surface area contributed by atoms with Crippen molar-refractivity contribution in [3.8, 4) is 5.75 Å². The Kier molecular flexibility index (Phi) is 6.54. The maximum atomic E-state index is 11.3. The highest BCUT2D eigenvalue weighted by atomic mass is 16.3. The summed E-state index contributed by atoms with van der Waals surface area (Å²) in [6, 6.07) is 4.55. The first-order valence-electron chi connectivity index (χ1n) is 4.59. The maximum absolute atomic E-state index is 11.3. The summed E-state index contributed by atoms with van der Waals surface area (Å²) >= 11 is 0. The van der Waals surface area contributed by atoms with Gasteiger partial charge in [-0.15, -0.1) is 0 Å². The van der Waals surface area contributed by atoms with Gasteiger partial charge in [0.1, 0.15) is 5.75 Å². The fourth-order valence-corrected chi connectivity index (χ4v) is 1.29. The number of rotatable bonds is 0. The van der Waals surface area contributed by atoms with Crippen LogP contribution in [0.3, 0.4) is 0 Å². The molecule has 96 valence electrons. The van der Waals surface area contributed by atoms with Crippen molar-refractivity contribution in [1.29, 1.82) is 0 Å². The molecule has 0 heterocycles. The van der Waals surface area contributed by atoms with E-state index in [-0.39, 0.29) is 11.3 Å². The summed E-state index contributed by atoms with van der Waals surface area (Å²) < 4.78 is 0. The summed E-state index contributed by atoms with van der Waals surface area (Å²) in [5, 5.41) is 9.35. The van der Waals surface area contributed by atoms with Crippen LogP contribution >= 0.6 is 0 Å². The van der Waals surface area contributed by atoms with Gasteiger partial charge in [0.15, 0.2) is 0 Å². The highest BCUT2D eigenvalue weighted by Crippen LogP contribution is 2.25. The molecule has 1 aromatic rings. The van der Waals surface area contributed by atoms with Crippen LogP contribution in [0.25, 0.3) is 38.0 Å². The monoisotopic (exact) mass is 258 g/mol. The molecule has 1 aliphatic carbocycles. The van der Waals surface area contributed by atoms with Crippen LogP contribution in [0, 0.1) is 0 Å². The smallest absolute Gasteiger partial charge is 0.233 e. The van der Waals surface area contributed by atoms with Crippen LogP contribution in [-0.2, 0) is 4.79 Å². The van der Waals surface area contributed by atoms with Gasteiger partial charge in [0.25, 0.3) is 0 Å². The zero-order chi connectivity index (χ0) is 14.8. The molecule has 0 fully saturated rings. The average Bonchev–Trinajstić information content (AvgIpc) is 2.36. The van der Waals surface area contributed by atoms with E-state index in [9.17, 15) is 14.7 Å². The van der Waals surface area contributed by atoms with Crippen LogP contribution in [0.1, 0.15) is 15.9 Å². The molecule has 0 saturated carbocycles. The largest absolute Gasteiger partial charge is 0.507 e. The summed E-state index contributed by atoms with van der Waals surface area (Å²) in [6.07, 6.45) is 2.62. The van der Waals surface area contributed by atoms with Crippen LogP contribution in [0.15, 0.2) is 24.3 Å². The van der Waals surface area contributed by atoms with Gasteiger partial charge in [-0.25, -0.2) is 0 Å². The van der Waals surface area contributed by atoms with Crippen LogP contribution in [0.5, 0.6) is 5.75 Å². The number of ketones is 2. The van der Waals surface area contributed by atoms with E-state index in [1.54, 1.807) is 6.07 Å². The van der Waals surface area contributed by atoms with Gasteiger partial charge in [-0.05, 0) is 18.2 Å². The van der Waals surface area contributed by atoms with Crippen molar-refractivity contribution in [1.82, 2.24) is 0 Å². The molecule has 0 radical (unpaired) electrons. The number of carbonyl (C=O) groups is 2. The predicted octanol–water partition coefficient (Wildman–Crippen LogP) is 2.90. The molecule has 0 amide bonds. The second-order valence-corrected chi connectivity index (χ2v) is 2.94. The van der Waals surface area contributed by atoms with Gasteiger partial charge in [0.05, 0.1) is 0 Å². The Bertz CT molecular complexity index is 583. The van der Waals surface area contributed by atoms with Gasteiger partial charge in [0.2, 0.25) is 11.6 Å². The number of nitrogens with zero attached hydrogens (tertiary/aromatic N) is 6. The van der Waals surface area contributed by atoms with E-state index >= 15 is 0 Å². The molecule has 1 aliphatic rings. The molecule has 9 nitrogen and oxygen atoms in total. The number of aromatic hydroxyl groups is 1. The number of benzene rings is 1. The Morgan fingerprint density at radius 2 is 1.47 bits per heavy atom. The van der Waals surface area contributed by atoms with Crippen molar-refractivity contribution in [2.24, 2.45) is 0 Å². The third-order valence-corrected chi connectivity index (χ3v) is 1.95. The molecule has 0 saturated heterocycles. The first-order chi connectivity index (χ1) is 9.03. The van der Waals surface area contributed by atoms with Crippen LogP contribution in [0.4, 0.5) is 0 Å². The molecular formula is C10H6N6O3-2. The minimum absolute atomic E-state index is 0.0228. The van der Waals surface area contributed by atoms with E-state index in [1.165, 1.54) is 34.1 Å². The predicted molar refractivity (Wildman–Crippen MR) is 66.6 cm³/mol.